The average molecular weight is 463 g/mol. The standard InChI is InChI=1S/C27H30N2O5/c30-25(29-17-12-13-24(29)22(15-17)26(31)32)11-5-6-14-28-27(33)34-16-23-20-9-3-1-7-18(20)19-8-2-4-10-21(19)23/h1-4,7-10,17,22-24H,5-6,11-16H2,(H,28,33)(H,31,32)/t17-,22+,24+/m0/s1. The highest BCUT2D eigenvalue weighted by Gasteiger charge is 2.50. The number of ether oxygens (including phenoxy) is 1. The number of benzene rings is 2. The van der Waals surface area contributed by atoms with Crippen molar-refractivity contribution in [3.63, 3.8) is 0 Å². The normalized spacial score (nSPS) is 22.4. The van der Waals surface area contributed by atoms with Gasteiger partial charge in [0.1, 0.15) is 6.61 Å². The molecular formula is C27H30N2O5. The summed E-state index contributed by atoms with van der Waals surface area (Å²) in [6.45, 7) is 0.718. The van der Waals surface area contributed by atoms with Gasteiger partial charge < -0.3 is 20.1 Å². The van der Waals surface area contributed by atoms with Crippen LogP contribution >= 0.6 is 0 Å². The minimum atomic E-state index is -0.794. The smallest absolute Gasteiger partial charge is 0.407 e. The molecule has 2 aromatic carbocycles. The first-order chi connectivity index (χ1) is 16.5. The lowest BCUT2D eigenvalue weighted by Crippen LogP contribution is -2.37. The van der Waals surface area contributed by atoms with Crippen molar-refractivity contribution >= 4 is 18.0 Å². The first kappa shape index (κ1) is 22.4. The molecule has 2 N–H and O–H groups in total. The SMILES string of the molecule is O=C(NCCCCC(=O)N1[C@H]2CC[C@@H]1[C@H](C(=O)O)C2)OCC1c2ccccc2-c2ccccc21. The molecule has 2 heterocycles. The minimum absolute atomic E-state index is 0.0289. The van der Waals surface area contributed by atoms with E-state index in [1.54, 1.807) is 0 Å². The van der Waals surface area contributed by atoms with Gasteiger partial charge >= 0.3 is 12.1 Å². The second-order valence-electron chi connectivity index (χ2n) is 9.49. The fourth-order valence-corrected chi connectivity index (χ4v) is 6.01. The maximum atomic E-state index is 12.6. The highest BCUT2D eigenvalue weighted by Crippen LogP contribution is 2.44. The van der Waals surface area contributed by atoms with E-state index in [0.717, 1.165) is 12.8 Å². The van der Waals surface area contributed by atoms with Crippen molar-refractivity contribution in [1.82, 2.24) is 10.2 Å². The third-order valence-corrected chi connectivity index (χ3v) is 7.57. The Morgan fingerprint density at radius 1 is 0.971 bits per heavy atom. The topological polar surface area (TPSA) is 95.9 Å². The van der Waals surface area contributed by atoms with Crippen LogP contribution in [0.1, 0.15) is 55.6 Å². The number of carbonyl (C=O) groups excluding carboxylic acids is 2. The van der Waals surface area contributed by atoms with Crippen molar-refractivity contribution in [3.05, 3.63) is 59.7 Å². The van der Waals surface area contributed by atoms with Crippen molar-refractivity contribution in [3.8, 4) is 11.1 Å². The maximum absolute atomic E-state index is 12.6. The van der Waals surface area contributed by atoms with Crippen molar-refractivity contribution in [1.29, 1.82) is 0 Å². The summed E-state index contributed by atoms with van der Waals surface area (Å²) in [5, 5.41) is 12.1. The Morgan fingerprint density at radius 2 is 1.65 bits per heavy atom. The van der Waals surface area contributed by atoms with Crippen LogP contribution in [0.2, 0.25) is 0 Å². The van der Waals surface area contributed by atoms with Gasteiger partial charge in [-0.15, -0.1) is 0 Å². The molecule has 3 atom stereocenters. The van der Waals surface area contributed by atoms with E-state index in [1.807, 2.05) is 29.2 Å². The molecule has 2 aromatic rings. The fourth-order valence-electron chi connectivity index (χ4n) is 6.01. The van der Waals surface area contributed by atoms with E-state index < -0.39 is 18.0 Å². The van der Waals surface area contributed by atoms with Crippen LogP contribution in [0.3, 0.4) is 0 Å². The zero-order valence-corrected chi connectivity index (χ0v) is 19.1. The predicted molar refractivity (Wildman–Crippen MR) is 126 cm³/mol. The Balaban J connectivity index is 1.04. The average Bonchev–Trinajstić information content (AvgIpc) is 3.52. The van der Waals surface area contributed by atoms with Gasteiger partial charge in [0.25, 0.3) is 0 Å². The first-order valence-corrected chi connectivity index (χ1v) is 12.2. The van der Waals surface area contributed by atoms with Gasteiger partial charge in [0, 0.05) is 31.0 Å². The van der Waals surface area contributed by atoms with Crippen LogP contribution in [-0.2, 0) is 14.3 Å². The number of nitrogens with one attached hydrogen (secondary N) is 1. The summed E-state index contributed by atoms with van der Waals surface area (Å²) in [5.74, 6) is -1.14. The molecule has 2 amide bonds. The van der Waals surface area contributed by atoms with Gasteiger partial charge in [-0.1, -0.05) is 48.5 Å². The quantitative estimate of drug-likeness (QED) is 0.575. The molecule has 1 aliphatic carbocycles. The van der Waals surface area contributed by atoms with Gasteiger partial charge in [0.05, 0.1) is 5.92 Å². The van der Waals surface area contributed by atoms with Gasteiger partial charge in [0.15, 0.2) is 0 Å². The number of hydrogen-bond donors (Lipinski definition) is 2. The summed E-state index contributed by atoms with van der Waals surface area (Å²) in [4.78, 5) is 38.1. The number of carbonyl (C=O) groups is 3. The Labute approximate surface area is 199 Å². The van der Waals surface area contributed by atoms with E-state index in [0.29, 0.717) is 32.2 Å². The molecule has 2 saturated heterocycles. The van der Waals surface area contributed by atoms with E-state index in [1.165, 1.54) is 22.3 Å². The summed E-state index contributed by atoms with van der Waals surface area (Å²) < 4.78 is 5.54. The van der Waals surface area contributed by atoms with Crippen molar-refractivity contribution in [2.24, 2.45) is 5.92 Å². The summed E-state index contributed by atoms with van der Waals surface area (Å²) in [5.41, 5.74) is 4.74. The van der Waals surface area contributed by atoms with Crippen LogP contribution in [0.4, 0.5) is 4.79 Å². The molecule has 7 nitrogen and oxygen atoms in total. The molecule has 7 heteroatoms. The first-order valence-electron chi connectivity index (χ1n) is 12.2. The zero-order chi connectivity index (χ0) is 23.7. The molecule has 2 fully saturated rings. The predicted octanol–water partition coefficient (Wildman–Crippen LogP) is 4.16. The number of rotatable bonds is 8. The van der Waals surface area contributed by atoms with Crippen LogP contribution in [0.5, 0.6) is 0 Å². The third kappa shape index (κ3) is 4.15. The van der Waals surface area contributed by atoms with E-state index in [2.05, 4.69) is 29.6 Å². The molecule has 178 valence electrons. The Morgan fingerprint density at radius 3 is 2.29 bits per heavy atom. The monoisotopic (exact) mass is 462 g/mol. The number of hydrogen-bond acceptors (Lipinski definition) is 4. The van der Waals surface area contributed by atoms with Crippen LogP contribution in [0, 0.1) is 5.92 Å². The number of unbranched alkanes of at least 4 members (excludes halogenated alkanes) is 1. The summed E-state index contributed by atoms with van der Waals surface area (Å²) in [6, 6.07) is 16.4. The number of aliphatic carboxylic acids is 1. The van der Waals surface area contributed by atoms with Crippen LogP contribution in [0.25, 0.3) is 11.1 Å². The fraction of sp³-hybridized carbons (Fsp3) is 0.444. The van der Waals surface area contributed by atoms with Crippen LogP contribution in [0.15, 0.2) is 48.5 Å². The van der Waals surface area contributed by atoms with Crippen LogP contribution < -0.4 is 5.32 Å². The highest BCUT2D eigenvalue weighted by atomic mass is 16.5. The number of nitrogens with zero attached hydrogens (tertiary/aromatic N) is 1. The molecule has 0 spiro atoms. The lowest BCUT2D eigenvalue weighted by Gasteiger charge is -2.23. The lowest BCUT2D eigenvalue weighted by atomic mass is 9.89. The molecule has 0 saturated carbocycles. The van der Waals surface area contributed by atoms with Crippen molar-refractivity contribution in [2.45, 2.75) is 56.5 Å². The molecule has 2 bridgehead atoms. The second kappa shape index (κ2) is 9.49. The summed E-state index contributed by atoms with van der Waals surface area (Å²) >= 11 is 0. The molecule has 0 unspecified atom stereocenters. The number of carboxylic acid groups (broad SMARTS) is 1. The van der Waals surface area contributed by atoms with E-state index in [-0.39, 0.29) is 30.5 Å². The lowest BCUT2D eigenvalue weighted by molar-refractivity contribution is -0.143. The van der Waals surface area contributed by atoms with Gasteiger partial charge in [-0.25, -0.2) is 4.79 Å². The van der Waals surface area contributed by atoms with Gasteiger partial charge in [-0.3, -0.25) is 9.59 Å². The molecule has 2 aliphatic heterocycles. The molecule has 3 aliphatic rings. The van der Waals surface area contributed by atoms with Gasteiger partial charge in [-0.2, -0.15) is 0 Å². The molecule has 0 aromatic heterocycles. The van der Waals surface area contributed by atoms with E-state index in [9.17, 15) is 19.5 Å². The second-order valence-corrected chi connectivity index (χ2v) is 9.49. The molecule has 34 heavy (non-hydrogen) atoms. The highest BCUT2D eigenvalue weighted by molar-refractivity contribution is 5.81. The summed E-state index contributed by atoms with van der Waals surface area (Å²) in [7, 11) is 0. The Hall–Kier alpha value is -3.35. The Bertz CT molecular complexity index is 1050. The summed E-state index contributed by atoms with van der Waals surface area (Å²) in [6.07, 6.45) is 3.52. The van der Waals surface area contributed by atoms with E-state index in [4.69, 9.17) is 4.74 Å². The van der Waals surface area contributed by atoms with Crippen molar-refractivity contribution < 1.29 is 24.2 Å². The van der Waals surface area contributed by atoms with Gasteiger partial charge in [-0.05, 0) is 54.4 Å². The number of alkyl carbamates (subject to hydrolysis) is 1. The molecular weight excluding hydrogens is 432 g/mol. The number of carboxylic acids is 1. The molecule has 0 radical (unpaired) electrons. The van der Waals surface area contributed by atoms with E-state index >= 15 is 0 Å². The number of fused-ring (bicyclic) bond motifs is 5. The van der Waals surface area contributed by atoms with Crippen molar-refractivity contribution in [2.75, 3.05) is 13.2 Å². The zero-order valence-electron chi connectivity index (χ0n) is 19.1. The third-order valence-electron chi connectivity index (χ3n) is 7.57. The maximum Gasteiger partial charge on any atom is 0.407 e. The Kier molecular flexibility index (Phi) is 6.26. The van der Waals surface area contributed by atoms with Crippen LogP contribution in [-0.4, -0.2) is 53.2 Å². The van der Waals surface area contributed by atoms with Gasteiger partial charge in [0.2, 0.25) is 5.91 Å². The number of amides is 2. The minimum Gasteiger partial charge on any atom is -0.481 e. The largest absolute Gasteiger partial charge is 0.481 e. The molecule has 5 rings (SSSR count).